The van der Waals surface area contributed by atoms with Crippen LogP contribution in [0.3, 0.4) is 0 Å². The third-order valence-electron chi connectivity index (χ3n) is 2.60. The Bertz CT molecular complexity index is 614. The van der Waals surface area contributed by atoms with E-state index in [2.05, 4.69) is 0 Å². The smallest absolute Gasteiger partial charge is 0.472 e. The van der Waals surface area contributed by atoms with Gasteiger partial charge in [-0.15, -0.1) is 0 Å². The first kappa shape index (κ1) is 12.5. The third-order valence-corrected chi connectivity index (χ3v) is 2.60. The number of alkyl halides is 3. The fourth-order valence-corrected chi connectivity index (χ4v) is 1.82. The number of methoxy groups -OCH3 is 1. The van der Waals surface area contributed by atoms with Gasteiger partial charge in [0.05, 0.1) is 12.6 Å². The maximum atomic E-state index is 12.4. The number of carbonyl (C=O) groups is 1. The summed E-state index contributed by atoms with van der Waals surface area (Å²) in [5.41, 5.74) is 0.906. The van der Waals surface area contributed by atoms with E-state index in [1.54, 1.807) is 13.0 Å². The molecule has 0 bridgehead atoms. The zero-order valence-corrected chi connectivity index (χ0v) is 9.71. The van der Waals surface area contributed by atoms with E-state index < -0.39 is 12.1 Å². The van der Waals surface area contributed by atoms with Gasteiger partial charge >= 0.3 is 12.1 Å². The molecule has 0 atom stereocenters. The van der Waals surface area contributed by atoms with Crippen LogP contribution in [0.5, 0.6) is 5.75 Å². The Labute approximate surface area is 101 Å². The van der Waals surface area contributed by atoms with E-state index in [0.717, 1.165) is 6.20 Å². The number of nitrogens with zero attached hydrogens (tertiary/aromatic N) is 1. The number of benzene rings is 1. The normalized spacial score (nSPS) is 11.8. The molecule has 0 saturated carbocycles. The lowest BCUT2D eigenvalue weighted by Gasteiger charge is -2.09. The van der Waals surface area contributed by atoms with Crippen LogP contribution in [-0.4, -0.2) is 23.8 Å². The molecule has 1 aromatic carbocycles. The van der Waals surface area contributed by atoms with Gasteiger partial charge in [-0.25, -0.2) is 0 Å². The van der Waals surface area contributed by atoms with E-state index in [9.17, 15) is 18.0 Å². The van der Waals surface area contributed by atoms with Crippen LogP contribution in [0.15, 0.2) is 24.4 Å². The van der Waals surface area contributed by atoms with Crippen molar-refractivity contribution < 1.29 is 22.7 Å². The van der Waals surface area contributed by atoms with Gasteiger partial charge in [0.25, 0.3) is 0 Å². The van der Waals surface area contributed by atoms with Crippen molar-refractivity contribution >= 4 is 16.8 Å². The molecule has 1 heterocycles. The summed E-state index contributed by atoms with van der Waals surface area (Å²) in [6.07, 6.45) is -3.80. The van der Waals surface area contributed by atoms with Crippen molar-refractivity contribution in [3.63, 3.8) is 0 Å². The second kappa shape index (κ2) is 4.04. The average Bonchev–Trinajstić information content (AvgIpc) is 2.68. The Morgan fingerprint density at radius 3 is 2.56 bits per heavy atom. The minimum Gasteiger partial charge on any atom is -0.496 e. The maximum Gasteiger partial charge on any atom is 0.472 e. The summed E-state index contributed by atoms with van der Waals surface area (Å²) in [4.78, 5) is 11.2. The van der Waals surface area contributed by atoms with Crippen molar-refractivity contribution in [3.05, 3.63) is 30.0 Å². The molecule has 0 spiro atoms. The first-order chi connectivity index (χ1) is 8.34. The van der Waals surface area contributed by atoms with Crippen LogP contribution in [0.2, 0.25) is 0 Å². The van der Waals surface area contributed by atoms with Crippen molar-refractivity contribution in [1.82, 2.24) is 4.57 Å². The number of rotatable bonds is 1. The van der Waals surface area contributed by atoms with Crippen LogP contribution >= 0.6 is 0 Å². The van der Waals surface area contributed by atoms with E-state index in [0.29, 0.717) is 21.3 Å². The molecule has 0 unspecified atom stereocenters. The van der Waals surface area contributed by atoms with Crippen molar-refractivity contribution in [2.45, 2.75) is 13.1 Å². The number of aryl methyl sites for hydroxylation is 1. The zero-order chi connectivity index (χ0) is 13.5. The van der Waals surface area contributed by atoms with Gasteiger partial charge in [0, 0.05) is 11.6 Å². The van der Waals surface area contributed by atoms with Gasteiger partial charge in [0.1, 0.15) is 5.75 Å². The van der Waals surface area contributed by atoms with E-state index in [1.165, 1.54) is 19.2 Å². The summed E-state index contributed by atoms with van der Waals surface area (Å²) >= 11 is 0. The molecule has 0 aliphatic carbocycles. The Morgan fingerprint density at radius 1 is 1.33 bits per heavy atom. The summed E-state index contributed by atoms with van der Waals surface area (Å²) in [7, 11) is 1.43. The molecule has 0 aliphatic heterocycles. The largest absolute Gasteiger partial charge is 0.496 e. The van der Waals surface area contributed by atoms with E-state index in [4.69, 9.17) is 4.74 Å². The van der Waals surface area contributed by atoms with Gasteiger partial charge in [-0.1, -0.05) is 0 Å². The summed E-state index contributed by atoms with van der Waals surface area (Å²) in [6, 6.07) is 4.64. The quantitative estimate of drug-likeness (QED) is 0.785. The first-order valence-corrected chi connectivity index (χ1v) is 5.12. The van der Waals surface area contributed by atoms with Crippen LogP contribution in [0, 0.1) is 6.92 Å². The number of hydrogen-bond acceptors (Lipinski definition) is 2. The molecule has 0 N–H and O–H groups in total. The lowest BCUT2D eigenvalue weighted by Crippen LogP contribution is -2.28. The van der Waals surface area contributed by atoms with Crippen LogP contribution < -0.4 is 4.74 Å². The summed E-state index contributed by atoms with van der Waals surface area (Å²) < 4.78 is 42.9. The minimum absolute atomic E-state index is 0.189. The molecule has 0 saturated heterocycles. The molecule has 18 heavy (non-hydrogen) atoms. The minimum atomic E-state index is -4.90. The van der Waals surface area contributed by atoms with E-state index >= 15 is 0 Å². The molecular weight excluding hydrogens is 247 g/mol. The molecule has 0 radical (unpaired) electrons. The van der Waals surface area contributed by atoms with Crippen molar-refractivity contribution in [2.24, 2.45) is 0 Å². The monoisotopic (exact) mass is 257 g/mol. The standard InChI is InChI=1S/C12H10F3NO2/c1-7-5-9-8(10(6-7)18-2)3-4-16(9)11(17)12(13,14)15/h3-6H,1-2H3. The molecule has 3 nitrogen and oxygen atoms in total. The summed E-state index contributed by atoms with van der Waals surface area (Å²) in [5, 5.41) is 0.473. The molecule has 96 valence electrons. The Kier molecular flexibility index (Phi) is 2.80. The number of aromatic nitrogens is 1. The second-order valence-corrected chi connectivity index (χ2v) is 3.89. The lowest BCUT2D eigenvalue weighted by molar-refractivity contribution is -0.0942. The SMILES string of the molecule is COc1cc(C)cc2c1ccn2C(=O)C(F)(F)F. The van der Waals surface area contributed by atoms with Gasteiger partial charge in [0.2, 0.25) is 0 Å². The van der Waals surface area contributed by atoms with Gasteiger partial charge < -0.3 is 4.74 Å². The maximum absolute atomic E-state index is 12.4. The topological polar surface area (TPSA) is 31.2 Å². The number of carbonyl (C=O) groups excluding carboxylic acids is 1. The Hall–Kier alpha value is -1.98. The molecule has 6 heteroatoms. The van der Waals surface area contributed by atoms with Crippen LogP contribution in [0.25, 0.3) is 10.9 Å². The molecule has 2 rings (SSSR count). The molecule has 2 aromatic rings. The number of hydrogen-bond donors (Lipinski definition) is 0. The van der Waals surface area contributed by atoms with Gasteiger partial charge in [0.15, 0.2) is 0 Å². The molecule has 1 aromatic heterocycles. The Morgan fingerprint density at radius 2 is 2.00 bits per heavy atom. The second-order valence-electron chi connectivity index (χ2n) is 3.89. The Balaban J connectivity index is 2.68. The van der Waals surface area contributed by atoms with Crippen LogP contribution in [0.4, 0.5) is 13.2 Å². The summed E-state index contributed by atoms with van der Waals surface area (Å²) in [6.45, 7) is 1.72. The highest BCUT2D eigenvalue weighted by Gasteiger charge is 2.40. The number of fused-ring (bicyclic) bond motifs is 1. The molecule has 0 fully saturated rings. The van der Waals surface area contributed by atoms with Crippen molar-refractivity contribution in [2.75, 3.05) is 7.11 Å². The van der Waals surface area contributed by atoms with Crippen molar-refractivity contribution in [1.29, 1.82) is 0 Å². The van der Waals surface area contributed by atoms with Gasteiger partial charge in [-0.3, -0.25) is 9.36 Å². The highest BCUT2D eigenvalue weighted by molar-refractivity contribution is 5.97. The molecule has 0 aliphatic rings. The number of halogens is 3. The van der Waals surface area contributed by atoms with E-state index in [-0.39, 0.29) is 5.52 Å². The number of ether oxygens (including phenoxy) is 1. The molecular formula is C12H10F3NO2. The highest BCUT2D eigenvalue weighted by Crippen LogP contribution is 2.30. The lowest BCUT2D eigenvalue weighted by atomic mass is 10.1. The van der Waals surface area contributed by atoms with E-state index in [1.807, 2.05) is 0 Å². The van der Waals surface area contributed by atoms with Crippen molar-refractivity contribution in [3.8, 4) is 5.75 Å². The fraction of sp³-hybridized carbons (Fsp3) is 0.250. The van der Waals surface area contributed by atoms with Gasteiger partial charge in [-0.2, -0.15) is 13.2 Å². The average molecular weight is 257 g/mol. The van der Waals surface area contributed by atoms with Crippen LogP contribution in [0.1, 0.15) is 10.4 Å². The molecule has 0 amide bonds. The fourth-order valence-electron chi connectivity index (χ4n) is 1.82. The first-order valence-electron chi connectivity index (χ1n) is 5.12. The predicted octanol–water partition coefficient (Wildman–Crippen LogP) is 3.16. The van der Waals surface area contributed by atoms with Gasteiger partial charge in [-0.05, 0) is 30.7 Å². The van der Waals surface area contributed by atoms with Crippen LogP contribution in [-0.2, 0) is 0 Å². The third kappa shape index (κ3) is 1.94. The predicted molar refractivity (Wildman–Crippen MR) is 59.9 cm³/mol. The highest BCUT2D eigenvalue weighted by atomic mass is 19.4. The summed E-state index contributed by atoms with van der Waals surface area (Å²) in [5.74, 6) is -1.47. The zero-order valence-electron chi connectivity index (χ0n) is 9.71.